The van der Waals surface area contributed by atoms with E-state index in [1.54, 1.807) is 11.0 Å². The number of nitrogens with one attached hydrogen (secondary N) is 1. The number of hydrogen-bond acceptors (Lipinski definition) is 5. The summed E-state index contributed by atoms with van der Waals surface area (Å²) < 4.78 is 0. The quantitative estimate of drug-likeness (QED) is 0.741. The molecule has 160 valence electrons. The van der Waals surface area contributed by atoms with E-state index in [4.69, 9.17) is 5.73 Å². The van der Waals surface area contributed by atoms with Gasteiger partial charge < -0.3 is 20.9 Å². The minimum atomic E-state index is -0.643. The fourth-order valence-corrected chi connectivity index (χ4v) is 3.75. The van der Waals surface area contributed by atoms with Crippen LogP contribution in [0.15, 0.2) is 36.5 Å². The first kappa shape index (κ1) is 21.8. The van der Waals surface area contributed by atoms with E-state index in [0.717, 1.165) is 43.4 Å². The molecule has 3 N–H and O–H groups in total. The van der Waals surface area contributed by atoms with Crippen LogP contribution < -0.4 is 11.1 Å². The minimum absolute atomic E-state index is 0.0776. The van der Waals surface area contributed by atoms with Gasteiger partial charge in [-0.3, -0.25) is 9.59 Å². The van der Waals surface area contributed by atoms with Crippen molar-refractivity contribution in [3.8, 4) is 0 Å². The highest BCUT2D eigenvalue weighted by molar-refractivity contribution is 6.39. The summed E-state index contributed by atoms with van der Waals surface area (Å²) in [5.74, 6) is -0.745. The monoisotopic (exact) mass is 409 g/mol. The number of rotatable bonds is 5. The first-order valence-corrected chi connectivity index (χ1v) is 10.4. The number of benzene rings is 1. The second-order valence-corrected chi connectivity index (χ2v) is 8.19. The van der Waals surface area contributed by atoms with E-state index in [2.05, 4.69) is 53.6 Å². The van der Waals surface area contributed by atoms with E-state index >= 15 is 0 Å². The first-order chi connectivity index (χ1) is 14.3. The highest BCUT2D eigenvalue weighted by Crippen LogP contribution is 2.31. The predicted molar refractivity (Wildman–Crippen MR) is 119 cm³/mol. The van der Waals surface area contributed by atoms with E-state index in [1.165, 1.54) is 11.8 Å². The molecule has 2 aromatic rings. The summed E-state index contributed by atoms with van der Waals surface area (Å²) in [6, 6.07) is 10.1. The maximum atomic E-state index is 12.9. The number of likely N-dealkylation sites (N-methyl/N-ethyl adjacent to an activating group) is 1. The molecule has 0 radical (unpaired) electrons. The van der Waals surface area contributed by atoms with Gasteiger partial charge in [0.15, 0.2) is 0 Å². The van der Waals surface area contributed by atoms with Gasteiger partial charge in [0, 0.05) is 13.1 Å². The lowest BCUT2D eigenvalue weighted by Crippen LogP contribution is -2.44. The number of pyridine rings is 1. The summed E-state index contributed by atoms with van der Waals surface area (Å²) in [4.78, 5) is 33.5. The van der Waals surface area contributed by atoms with Crippen LogP contribution >= 0.6 is 0 Å². The largest absolute Gasteiger partial charge is 0.383 e. The average Bonchev–Trinajstić information content (AvgIpc) is 2.74. The first-order valence-electron chi connectivity index (χ1n) is 10.4. The van der Waals surface area contributed by atoms with E-state index in [9.17, 15) is 9.59 Å². The molecule has 0 bridgehead atoms. The highest BCUT2D eigenvalue weighted by Gasteiger charge is 2.31. The Bertz CT molecular complexity index is 895. The van der Waals surface area contributed by atoms with Crippen LogP contribution in [0.3, 0.4) is 0 Å². The fraction of sp³-hybridized carbons (Fsp3) is 0.435. The number of piperidine rings is 1. The Labute approximate surface area is 178 Å². The second kappa shape index (κ2) is 9.71. The average molecular weight is 410 g/mol. The van der Waals surface area contributed by atoms with Crippen molar-refractivity contribution in [3.05, 3.63) is 53.2 Å². The zero-order valence-electron chi connectivity index (χ0n) is 18.0. The van der Waals surface area contributed by atoms with Crippen LogP contribution in [0.2, 0.25) is 0 Å². The maximum Gasteiger partial charge on any atom is 0.313 e. The Balaban J connectivity index is 1.70. The molecular weight excluding hydrogens is 378 g/mol. The molecule has 2 amide bonds. The molecule has 1 atom stereocenters. The van der Waals surface area contributed by atoms with Gasteiger partial charge in [-0.05, 0) is 69.5 Å². The van der Waals surface area contributed by atoms with E-state index < -0.39 is 11.8 Å². The summed E-state index contributed by atoms with van der Waals surface area (Å²) in [7, 11) is 4.12. The zero-order chi connectivity index (χ0) is 21.7. The zero-order valence-corrected chi connectivity index (χ0v) is 18.0. The molecule has 1 aromatic carbocycles. The van der Waals surface area contributed by atoms with Crippen molar-refractivity contribution in [2.24, 2.45) is 0 Å². The molecule has 1 saturated heterocycles. The third-order valence-corrected chi connectivity index (χ3v) is 5.55. The number of aryl methyl sites for hydroxylation is 1. The summed E-state index contributed by atoms with van der Waals surface area (Å²) in [6.07, 6.45) is 5.25. The molecule has 1 aliphatic rings. The molecule has 2 heterocycles. The van der Waals surface area contributed by atoms with Gasteiger partial charge in [-0.15, -0.1) is 0 Å². The van der Waals surface area contributed by atoms with Crippen LogP contribution in [0.25, 0.3) is 0 Å². The lowest BCUT2D eigenvalue weighted by molar-refractivity contribution is -0.145. The standard InChI is InChI=1S/C23H31N5O2/c1-16-14-19(15-25-21(16)24)26-22(29)23(30)28-12-5-4-6-20(28)18-9-7-17(8-10-18)11-13-27(2)3/h7-10,14-15,20H,4-6,11-13H2,1-3H3,(H2,24,25)(H,26,29)/t20-/m0/s1. The van der Waals surface area contributed by atoms with Gasteiger partial charge in [-0.2, -0.15) is 0 Å². The lowest BCUT2D eigenvalue weighted by atomic mass is 9.94. The summed E-state index contributed by atoms with van der Waals surface area (Å²) in [6.45, 7) is 3.38. The molecular formula is C23H31N5O2. The number of aromatic nitrogens is 1. The van der Waals surface area contributed by atoms with Gasteiger partial charge in [-0.1, -0.05) is 24.3 Å². The molecule has 1 aromatic heterocycles. The highest BCUT2D eigenvalue weighted by atomic mass is 16.2. The van der Waals surface area contributed by atoms with Crippen molar-refractivity contribution in [1.29, 1.82) is 0 Å². The third-order valence-electron chi connectivity index (χ3n) is 5.55. The molecule has 0 spiro atoms. The van der Waals surface area contributed by atoms with E-state index in [-0.39, 0.29) is 6.04 Å². The Morgan fingerprint density at radius 1 is 1.23 bits per heavy atom. The Morgan fingerprint density at radius 2 is 1.97 bits per heavy atom. The van der Waals surface area contributed by atoms with Crippen LogP contribution in [-0.4, -0.2) is 53.8 Å². The summed E-state index contributed by atoms with van der Waals surface area (Å²) >= 11 is 0. The molecule has 30 heavy (non-hydrogen) atoms. The fourth-order valence-electron chi connectivity index (χ4n) is 3.75. The maximum absolute atomic E-state index is 12.9. The number of amides is 2. The molecule has 1 fully saturated rings. The number of likely N-dealkylation sites (tertiary alicyclic amines) is 1. The molecule has 0 unspecified atom stereocenters. The van der Waals surface area contributed by atoms with Crippen molar-refractivity contribution in [2.75, 3.05) is 38.2 Å². The molecule has 0 saturated carbocycles. The van der Waals surface area contributed by atoms with Crippen LogP contribution in [0.1, 0.15) is 42.0 Å². The normalized spacial score (nSPS) is 16.5. The van der Waals surface area contributed by atoms with Crippen molar-refractivity contribution >= 4 is 23.3 Å². The molecule has 7 nitrogen and oxygen atoms in total. The second-order valence-electron chi connectivity index (χ2n) is 8.19. The van der Waals surface area contributed by atoms with Gasteiger partial charge in [0.05, 0.1) is 17.9 Å². The number of carbonyl (C=O) groups is 2. The van der Waals surface area contributed by atoms with E-state index in [1.807, 2.05) is 6.92 Å². The molecule has 7 heteroatoms. The third kappa shape index (κ3) is 5.36. The number of carbonyl (C=O) groups excluding carboxylic acids is 2. The lowest BCUT2D eigenvalue weighted by Gasteiger charge is -2.35. The molecule has 3 rings (SSSR count). The Hall–Kier alpha value is -2.93. The van der Waals surface area contributed by atoms with Crippen LogP contribution in [-0.2, 0) is 16.0 Å². The predicted octanol–water partition coefficient (Wildman–Crippen LogP) is 2.77. The van der Waals surface area contributed by atoms with Gasteiger partial charge in [0.25, 0.3) is 0 Å². The molecule has 0 aliphatic carbocycles. The van der Waals surface area contributed by atoms with Crippen molar-refractivity contribution < 1.29 is 9.59 Å². The minimum Gasteiger partial charge on any atom is -0.383 e. The van der Waals surface area contributed by atoms with Gasteiger partial charge in [0.1, 0.15) is 5.82 Å². The number of nitrogens with zero attached hydrogens (tertiary/aromatic N) is 3. The molecule has 1 aliphatic heterocycles. The number of hydrogen-bond donors (Lipinski definition) is 2. The summed E-state index contributed by atoms with van der Waals surface area (Å²) in [5.41, 5.74) is 9.29. The van der Waals surface area contributed by atoms with Crippen molar-refractivity contribution in [1.82, 2.24) is 14.8 Å². The SMILES string of the molecule is Cc1cc(NC(=O)C(=O)N2CCCC[C@H]2c2ccc(CCN(C)C)cc2)cnc1N. The van der Waals surface area contributed by atoms with Crippen LogP contribution in [0.5, 0.6) is 0 Å². The summed E-state index contributed by atoms with van der Waals surface area (Å²) in [5, 5.41) is 2.66. The number of nitrogen functional groups attached to an aromatic ring is 1. The van der Waals surface area contributed by atoms with Crippen molar-refractivity contribution in [3.63, 3.8) is 0 Å². The number of nitrogens with two attached hydrogens (primary N) is 1. The smallest absolute Gasteiger partial charge is 0.313 e. The number of anilines is 2. The van der Waals surface area contributed by atoms with Crippen molar-refractivity contribution in [2.45, 2.75) is 38.6 Å². The van der Waals surface area contributed by atoms with Gasteiger partial charge in [-0.25, -0.2) is 4.98 Å². The van der Waals surface area contributed by atoms with Gasteiger partial charge in [0.2, 0.25) is 0 Å². The van der Waals surface area contributed by atoms with Crippen LogP contribution in [0, 0.1) is 6.92 Å². The topological polar surface area (TPSA) is 91.6 Å². The Kier molecular flexibility index (Phi) is 7.05. The van der Waals surface area contributed by atoms with Gasteiger partial charge >= 0.3 is 11.8 Å². The Morgan fingerprint density at radius 3 is 2.63 bits per heavy atom. The van der Waals surface area contributed by atoms with E-state index in [0.29, 0.717) is 18.1 Å². The van der Waals surface area contributed by atoms with Crippen LogP contribution in [0.4, 0.5) is 11.5 Å².